The van der Waals surface area contributed by atoms with E-state index in [2.05, 4.69) is 60.6 Å². The number of guanidine groups is 1. The van der Waals surface area contributed by atoms with E-state index >= 15 is 0 Å². The molecule has 28 heavy (non-hydrogen) atoms. The summed E-state index contributed by atoms with van der Waals surface area (Å²) in [6.07, 6.45) is 1.69. The number of aromatic nitrogens is 1. The van der Waals surface area contributed by atoms with Crippen molar-refractivity contribution in [1.82, 2.24) is 15.8 Å². The van der Waals surface area contributed by atoms with Gasteiger partial charge >= 0.3 is 0 Å². The smallest absolute Gasteiger partial charge is 0.191 e. The fourth-order valence-corrected chi connectivity index (χ4v) is 2.98. The van der Waals surface area contributed by atoms with Gasteiger partial charge < -0.3 is 19.9 Å². The second-order valence-corrected chi connectivity index (χ2v) is 7.13. The Kier molecular flexibility index (Phi) is 9.78. The van der Waals surface area contributed by atoms with Crippen molar-refractivity contribution >= 4 is 29.9 Å². The van der Waals surface area contributed by atoms with E-state index in [-0.39, 0.29) is 29.4 Å². The van der Waals surface area contributed by atoms with Gasteiger partial charge in [0.1, 0.15) is 11.5 Å². The Morgan fingerprint density at radius 3 is 2.57 bits per heavy atom. The zero-order valence-electron chi connectivity index (χ0n) is 17.8. The van der Waals surface area contributed by atoms with Crippen LogP contribution in [0.15, 0.2) is 33.8 Å². The maximum Gasteiger partial charge on any atom is 0.191 e. The predicted octanol–water partition coefficient (Wildman–Crippen LogP) is 4.07. The number of aryl methyl sites for hydroxylation is 2. The maximum absolute atomic E-state index is 5.43. The van der Waals surface area contributed by atoms with Crippen LogP contribution in [0.1, 0.15) is 50.3 Å². The summed E-state index contributed by atoms with van der Waals surface area (Å²) in [7, 11) is 3.47. The monoisotopic (exact) mass is 500 g/mol. The molecule has 6 nitrogen and oxygen atoms in total. The van der Waals surface area contributed by atoms with Gasteiger partial charge in [-0.3, -0.25) is 4.99 Å². The number of ether oxygens (including phenoxy) is 1. The minimum Gasteiger partial charge on any atom is -0.497 e. The molecule has 0 saturated carbocycles. The van der Waals surface area contributed by atoms with Crippen LogP contribution in [0, 0.1) is 0 Å². The molecule has 7 heteroatoms. The van der Waals surface area contributed by atoms with Gasteiger partial charge in [-0.1, -0.05) is 45.0 Å². The number of benzene rings is 1. The molecule has 0 amide bonds. The Morgan fingerprint density at radius 2 is 1.96 bits per heavy atom. The molecule has 2 N–H and O–H groups in total. The number of aliphatic imine (C=N–C) groups is 1. The lowest BCUT2D eigenvalue weighted by atomic mass is 9.84. The summed E-state index contributed by atoms with van der Waals surface area (Å²) in [6.45, 7) is 9.95. The van der Waals surface area contributed by atoms with Crippen LogP contribution in [-0.2, 0) is 24.8 Å². The van der Waals surface area contributed by atoms with Crippen molar-refractivity contribution in [3.63, 3.8) is 0 Å². The van der Waals surface area contributed by atoms with Gasteiger partial charge in [0.15, 0.2) is 5.96 Å². The molecule has 0 fully saturated rings. The summed E-state index contributed by atoms with van der Waals surface area (Å²) in [5.74, 6) is 2.57. The highest BCUT2D eigenvalue weighted by atomic mass is 127. The minimum atomic E-state index is -0.0769. The first kappa shape index (κ1) is 24.3. The van der Waals surface area contributed by atoms with Crippen molar-refractivity contribution in [3.05, 3.63) is 46.8 Å². The van der Waals surface area contributed by atoms with Gasteiger partial charge in [0.2, 0.25) is 0 Å². The van der Waals surface area contributed by atoms with Crippen LogP contribution >= 0.6 is 24.0 Å². The lowest BCUT2D eigenvalue weighted by molar-refractivity contribution is 0.380. The first-order chi connectivity index (χ1) is 12.9. The van der Waals surface area contributed by atoms with Gasteiger partial charge in [-0.2, -0.15) is 0 Å². The Balaban J connectivity index is 0.00000392. The topological polar surface area (TPSA) is 71.7 Å². The molecular formula is C21H33IN4O2. The van der Waals surface area contributed by atoms with Crippen LogP contribution < -0.4 is 15.4 Å². The second-order valence-electron chi connectivity index (χ2n) is 7.13. The quantitative estimate of drug-likeness (QED) is 0.325. The average molecular weight is 500 g/mol. The van der Waals surface area contributed by atoms with Crippen molar-refractivity contribution in [3.8, 4) is 5.75 Å². The number of nitrogens with one attached hydrogen (secondary N) is 2. The lowest BCUT2D eigenvalue weighted by Crippen LogP contribution is -2.43. The van der Waals surface area contributed by atoms with Gasteiger partial charge in [0, 0.05) is 37.5 Å². The molecule has 1 aromatic heterocycles. The van der Waals surface area contributed by atoms with Crippen molar-refractivity contribution in [2.75, 3.05) is 20.7 Å². The molecule has 0 radical (unpaired) electrons. The number of methoxy groups -OCH3 is 1. The third-order valence-corrected chi connectivity index (χ3v) is 4.81. The van der Waals surface area contributed by atoms with E-state index < -0.39 is 0 Å². The molecule has 0 saturated heterocycles. The summed E-state index contributed by atoms with van der Waals surface area (Å²) in [5, 5.41) is 11.0. The standard InChI is InChI=1S/C21H32N4O2.HI/c1-7-18-17(19(8-2)27-25-18)13-23-20(22-5)24-14-21(3,4)15-10-9-11-16(12-15)26-6;/h9-12H,7-8,13-14H2,1-6H3,(H2,22,23,24);1H. The van der Waals surface area contributed by atoms with Crippen LogP contribution in [0.25, 0.3) is 0 Å². The highest BCUT2D eigenvalue weighted by Crippen LogP contribution is 2.25. The number of hydrogen-bond acceptors (Lipinski definition) is 4. The molecule has 0 bridgehead atoms. The number of halogens is 1. The van der Waals surface area contributed by atoms with E-state index in [4.69, 9.17) is 9.26 Å². The number of hydrogen-bond donors (Lipinski definition) is 2. The molecule has 1 heterocycles. The number of nitrogens with zero attached hydrogens (tertiary/aromatic N) is 2. The van der Waals surface area contributed by atoms with E-state index in [1.807, 2.05) is 12.1 Å². The Labute approximate surface area is 185 Å². The van der Waals surface area contributed by atoms with E-state index in [0.717, 1.165) is 48.1 Å². The summed E-state index contributed by atoms with van der Waals surface area (Å²) >= 11 is 0. The van der Waals surface area contributed by atoms with Crippen molar-refractivity contribution in [2.24, 2.45) is 4.99 Å². The summed E-state index contributed by atoms with van der Waals surface area (Å²) < 4.78 is 10.8. The lowest BCUT2D eigenvalue weighted by Gasteiger charge is -2.27. The van der Waals surface area contributed by atoms with E-state index in [1.54, 1.807) is 14.2 Å². The zero-order chi connectivity index (χ0) is 19.9. The van der Waals surface area contributed by atoms with Gasteiger partial charge in [-0.05, 0) is 24.1 Å². The first-order valence-electron chi connectivity index (χ1n) is 9.50. The molecule has 2 rings (SSSR count). The zero-order valence-corrected chi connectivity index (χ0v) is 20.1. The van der Waals surface area contributed by atoms with Gasteiger partial charge in [-0.25, -0.2) is 0 Å². The highest BCUT2D eigenvalue weighted by molar-refractivity contribution is 14.0. The molecule has 0 atom stereocenters. The molecule has 156 valence electrons. The number of rotatable bonds is 8. The van der Waals surface area contributed by atoms with E-state index in [9.17, 15) is 0 Å². The molecule has 0 spiro atoms. The summed E-state index contributed by atoms with van der Waals surface area (Å²) in [5.41, 5.74) is 3.28. The molecule has 0 aliphatic heterocycles. The van der Waals surface area contributed by atoms with Gasteiger partial charge in [-0.15, -0.1) is 24.0 Å². The van der Waals surface area contributed by atoms with E-state index in [0.29, 0.717) is 6.54 Å². The molecule has 1 aromatic carbocycles. The van der Waals surface area contributed by atoms with Crippen LogP contribution in [-0.4, -0.2) is 31.8 Å². The SMILES string of the molecule is CCc1noc(CC)c1CNC(=NC)NCC(C)(C)c1cccc(OC)c1.I. The summed E-state index contributed by atoms with van der Waals surface area (Å²) in [6, 6.07) is 8.19. The van der Waals surface area contributed by atoms with Crippen LogP contribution in [0.2, 0.25) is 0 Å². The van der Waals surface area contributed by atoms with Crippen molar-refractivity contribution in [2.45, 2.75) is 52.5 Å². The maximum atomic E-state index is 5.43. The molecule has 0 aliphatic rings. The van der Waals surface area contributed by atoms with Crippen molar-refractivity contribution in [1.29, 1.82) is 0 Å². The molecular weight excluding hydrogens is 467 g/mol. The highest BCUT2D eigenvalue weighted by Gasteiger charge is 2.22. The average Bonchev–Trinajstić information content (AvgIpc) is 3.10. The summed E-state index contributed by atoms with van der Waals surface area (Å²) in [4.78, 5) is 4.35. The second kappa shape index (κ2) is 11.3. The molecule has 0 unspecified atom stereocenters. The van der Waals surface area contributed by atoms with Crippen LogP contribution in [0.5, 0.6) is 5.75 Å². The van der Waals surface area contributed by atoms with Gasteiger partial charge in [0.05, 0.1) is 12.8 Å². The van der Waals surface area contributed by atoms with Crippen LogP contribution in [0.3, 0.4) is 0 Å². The largest absolute Gasteiger partial charge is 0.497 e. The fraction of sp³-hybridized carbons (Fsp3) is 0.524. The normalized spacial score (nSPS) is 11.7. The minimum absolute atomic E-state index is 0. The third-order valence-electron chi connectivity index (χ3n) is 4.81. The van der Waals surface area contributed by atoms with Crippen molar-refractivity contribution < 1.29 is 9.26 Å². The fourth-order valence-electron chi connectivity index (χ4n) is 2.98. The Bertz CT molecular complexity index is 750. The molecule has 2 aromatic rings. The predicted molar refractivity (Wildman–Crippen MR) is 125 cm³/mol. The molecule has 0 aliphatic carbocycles. The van der Waals surface area contributed by atoms with Crippen LogP contribution in [0.4, 0.5) is 0 Å². The third kappa shape index (κ3) is 6.12. The van der Waals surface area contributed by atoms with E-state index in [1.165, 1.54) is 5.56 Å². The van der Waals surface area contributed by atoms with Gasteiger partial charge in [0.25, 0.3) is 0 Å². The Morgan fingerprint density at radius 1 is 1.21 bits per heavy atom. The first-order valence-corrected chi connectivity index (χ1v) is 9.50. The Hall–Kier alpha value is -1.77.